The zero-order chi connectivity index (χ0) is 29.3. The van der Waals surface area contributed by atoms with E-state index in [1.807, 2.05) is 58.0 Å². The van der Waals surface area contributed by atoms with E-state index in [1.165, 1.54) is 6.07 Å². The molecule has 4 rings (SSSR count). The number of rotatable bonds is 8. The first-order valence-electron chi connectivity index (χ1n) is 12.6. The summed E-state index contributed by atoms with van der Waals surface area (Å²) in [6.45, 7) is 9.55. The number of nitrogens with zero attached hydrogens (tertiary/aromatic N) is 7. The fourth-order valence-corrected chi connectivity index (χ4v) is 3.26. The number of hydrogen-bond donors (Lipinski definition) is 3. The standard InChI is InChI=1S/C24H20ClN8O3.2C2H6.Cu/c1-15-26-23(25)29-24(27-15)28-18-11-12-19(17(13-18)14-36-35)30-32-22(16-7-3-2-4-8-16)33-31-20-9-5-6-10-21(20)34;2*1-2;/h2-13H,14H2,1H3,(H3-,26,27,28,29,30,31,32,33,34,35);2*1-2H3;/q-1;;;+1. The first kappa shape index (κ1) is 35.1. The molecule has 3 aromatic carbocycles. The van der Waals surface area contributed by atoms with Crippen LogP contribution in [0.1, 0.15) is 44.6 Å². The zero-order valence-electron chi connectivity index (χ0n) is 23.2. The van der Waals surface area contributed by atoms with Crippen molar-refractivity contribution in [2.45, 2.75) is 41.2 Å². The second-order valence-corrected chi connectivity index (χ2v) is 7.63. The molecule has 0 fully saturated rings. The van der Waals surface area contributed by atoms with Gasteiger partial charge >= 0.3 is 17.1 Å². The van der Waals surface area contributed by atoms with Gasteiger partial charge in [-0.3, -0.25) is 5.26 Å². The third-order valence-electron chi connectivity index (χ3n) is 4.69. The minimum Gasteiger partial charge on any atom is -0.573 e. The largest absolute Gasteiger partial charge is 1.00 e. The normalized spacial score (nSPS) is 10.5. The monoisotopic (exact) mass is 626 g/mol. The van der Waals surface area contributed by atoms with Crippen molar-refractivity contribution in [3.63, 3.8) is 0 Å². The van der Waals surface area contributed by atoms with Crippen molar-refractivity contribution >= 4 is 40.4 Å². The molecule has 0 aliphatic heterocycles. The molecule has 0 amide bonds. The van der Waals surface area contributed by atoms with Gasteiger partial charge in [0.2, 0.25) is 11.2 Å². The van der Waals surface area contributed by atoms with Crippen molar-refractivity contribution in [2.75, 3.05) is 5.32 Å². The van der Waals surface area contributed by atoms with Crippen molar-refractivity contribution in [2.24, 2.45) is 15.3 Å². The quantitative estimate of drug-likeness (QED) is 0.0442. The number of azo groups is 1. The van der Waals surface area contributed by atoms with Gasteiger partial charge in [-0.15, -0.1) is 15.9 Å². The molecule has 0 radical (unpaired) electrons. The van der Waals surface area contributed by atoms with Crippen molar-refractivity contribution in [3.05, 3.63) is 100 Å². The maximum absolute atomic E-state index is 9.98. The Morgan fingerprint density at radius 2 is 1.63 bits per heavy atom. The number of para-hydroxylation sites is 1. The Morgan fingerprint density at radius 3 is 2.29 bits per heavy atom. The topological polar surface area (TPSA) is 152 Å². The zero-order valence-corrected chi connectivity index (χ0v) is 24.9. The fourth-order valence-electron chi connectivity index (χ4n) is 3.05. The average molecular weight is 628 g/mol. The molecule has 4 aromatic rings. The number of amidine groups is 1. The maximum atomic E-state index is 9.98. The van der Waals surface area contributed by atoms with Crippen LogP contribution in [0.15, 0.2) is 88.1 Å². The van der Waals surface area contributed by atoms with Gasteiger partial charge in [-0.05, 0) is 48.4 Å². The average Bonchev–Trinajstić information content (AvgIpc) is 2.97. The number of aryl methyl sites for hydroxylation is 1. The number of nitrogens with one attached hydrogen (secondary N) is 1. The van der Waals surface area contributed by atoms with Crippen molar-refractivity contribution in [1.29, 1.82) is 0 Å². The van der Waals surface area contributed by atoms with Gasteiger partial charge in [0.05, 0.1) is 0 Å². The molecule has 0 saturated heterocycles. The van der Waals surface area contributed by atoms with Crippen LogP contribution in [-0.4, -0.2) is 31.2 Å². The van der Waals surface area contributed by atoms with E-state index in [1.54, 1.807) is 43.3 Å². The van der Waals surface area contributed by atoms with Crippen LogP contribution < -0.4 is 5.32 Å². The number of phenolic OH excluding ortho intramolecular Hbond substituents is 1. The first-order valence-corrected chi connectivity index (χ1v) is 13.0. The summed E-state index contributed by atoms with van der Waals surface area (Å²) in [7, 11) is 0. The minimum absolute atomic E-state index is 0. The molecular formula is C28H32ClCuN8O3. The summed E-state index contributed by atoms with van der Waals surface area (Å²) in [5.74, 6) is 0.934. The van der Waals surface area contributed by atoms with E-state index >= 15 is 0 Å². The van der Waals surface area contributed by atoms with Gasteiger partial charge in [0.25, 0.3) is 0 Å². The van der Waals surface area contributed by atoms with Crippen LogP contribution in [0.3, 0.4) is 0 Å². The number of anilines is 2. The molecule has 0 unspecified atom stereocenters. The molecule has 1 aromatic heterocycles. The molecule has 0 aliphatic carbocycles. The third kappa shape index (κ3) is 11.2. The van der Waals surface area contributed by atoms with Gasteiger partial charge in [0.1, 0.15) is 23.9 Å². The van der Waals surface area contributed by atoms with Crippen LogP contribution in [0, 0.1) is 6.92 Å². The Kier molecular flexibility index (Phi) is 16.4. The molecule has 3 N–H and O–H groups in total. The summed E-state index contributed by atoms with van der Waals surface area (Å²) < 4.78 is 0. The smallest absolute Gasteiger partial charge is 0.573 e. The second-order valence-electron chi connectivity index (χ2n) is 7.30. The third-order valence-corrected chi connectivity index (χ3v) is 4.86. The predicted molar refractivity (Wildman–Crippen MR) is 158 cm³/mol. The number of hydrogen-bond acceptors (Lipinski definition) is 9. The van der Waals surface area contributed by atoms with E-state index in [0.29, 0.717) is 34.0 Å². The molecule has 0 aliphatic rings. The summed E-state index contributed by atoms with van der Waals surface area (Å²) in [5, 5.41) is 34.7. The van der Waals surface area contributed by atoms with Crippen LogP contribution in [0.5, 0.6) is 5.75 Å². The summed E-state index contributed by atoms with van der Waals surface area (Å²) in [4.78, 5) is 16.5. The van der Waals surface area contributed by atoms with Crippen LogP contribution in [0.2, 0.25) is 5.28 Å². The number of halogens is 1. The van der Waals surface area contributed by atoms with Gasteiger partial charge in [0, 0.05) is 11.3 Å². The minimum atomic E-state index is -0.152. The van der Waals surface area contributed by atoms with E-state index in [0.717, 1.165) is 0 Å². The second kappa shape index (κ2) is 19.2. The molecule has 0 spiro atoms. The van der Waals surface area contributed by atoms with Crippen molar-refractivity contribution < 1.29 is 32.3 Å². The van der Waals surface area contributed by atoms with Crippen LogP contribution in [0.4, 0.5) is 23.0 Å². The number of phenols is 1. The Morgan fingerprint density at radius 1 is 0.951 bits per heavy atom. The molecule has 11 nitrogen and oxygen atoms in total. The predicted octanol–water partition coefficient (Wildman–Crippen LogP) is 8.47. The van der Waals surface area contributed by atoms with Crippen molar-refractivity contribution in [1.82, 2.24) is 15.0 Å². The molecule has 0 bridgehead atoms. The van der Waals surface area contributed by atoms with Crippen LogP contribution >= 0.6 is 11.6 Å². The molecule has 1 heterocycles. The Hall–Kier alpha value is -3.93. The molecule has 41 heavy (non-hydrogen) atoms. The Balaban J connectivity index is 0.00000161. The van der Waals surface area contributed by atoms with Crippen molar-refractivity contribution in [3.8, 4) is 5.75 Å². The van der Waals surface area contributed by atoms with Gasteiger partial charge < -0.3 is 21.0 Å². The van der Waals surface area contributed by atoms with Crippen LogP contribution in [-0.2, 0) is 28.6 Å². The molecular weight excluding hydrogens is 595 g/mol. The van der Waals surface area contributed by atoms with Gasteiger partial charge in [-0.1, -0.05) is 76.2 Å². The van der Waals surface area contributed by atoms with E-state index < -0.39 is 0 Å². The Bertz CT molecular complexity index is 1390. The van der Waals surface area contributed by atoms with Crippen LogP contribution in [0.25, 0.3) is 5.43 Å². The summed E-state index contributed by atoms with van der Waals surface area (Å²) in [5.41, 5.74) is 6.81. The molecule has 0 saturated carbocycles. The molecule has 0 atom stereocenters. The van der Waals surface area contributed by atoms with Gasteiger partial charge in [-0.25, -0.2) is 9.87 Å². The molecule has 220 valence electrons. The van der Waals surface area contributed by atoms with E-state index in [2.05, 4.69) is 45.9 Å². The SMILES string of the molecule is CC.CC.Cc1nc(Cl)nc(Nc2ccc([N-]N=C(N=Nc3ccccc3O)c3ccccc3)c(COO)c2)n1.[Cu+]. The summed E-state index contributed by atoms with van der Waals surface area (Å²) >= 11 is 5.90. The first-order chi connectivity index (χ1) is 19.5. The maximum Gasteiger partial charge on any atom is 1.00 e. The fraction of sp³-hybridized carbons (Fsp3) is 0.214. The number of benzene rings is 3. The Labute approximate surface area is 255 Å². The number of aromatic hydroxyl groups is 1. The molecule has 13 heteroatoms. The van der Waals surface area contributed by atoms with Gasteiger partial charge in [0.15, 0.2) is 5.84 Å². The summed E-state index contributed by atoms with van der Waals surface area (Å²) in [6, 6.07) is 20.8. The van der Waals surface area contributed by atoms with E-state index in [4.69, 9.17) is 16.9 Å². The summed E-state index contributed by atoms with van der Waals surface area (Å²) in [6.07, 6.45) is 0. The van der Waals surface area contributed by atoms with E-state index in [-0.39, 0.29) is 46.5 Å². The number of aromatic nitrogens is 3. The van der Waals surface area contributed by atoms with Gasteiger partial charge in [-0.2, -0.15) is 9.97 Å². The van der Waals surface area contributed by atoms with E-state index in [9.17, 15) is 5.11 Å².